The maximum atomic E-state index is 9.71. The van der Waals surface area contributed by atoms with Crippen molar-refractivity contribution in [1.82, 2.24) is 4.98 Å². The number of methoxy groups -OCH3 is 1. The van der Waals surface area contributed by atoms with Gasteiger partial charge in [-0.3, -0.25) is 0 Å². The quantitative estimate of drug-likeness (QED) is 0.862. The second-order valence-electron chi connectivity index (χ2n) is 5.33. The van der Waals surface area contributed by atoms with E-state index in [1.54, 1.807) is 13.3 Å². The number of hydrogen-bond donors (Lipinski definition) is 2. The van der Waals surface area contributed by atoms with Gasteiger partial charge >= 0.3 is 0 Å². The van der Waals surface area contributed by atoms with Crippen LogP contribution in [0.5, 0.6) is 5.88 Å². The highest BCUT2D eigenvalue weighted by Gasteiger charge is 2.33. The molecule has 0 spiro atoms. The van der Waals surface area contributed by atoms with Gasteiger partial charge in [-0.25, -0.2) is 4.98 Å². The summed E-state index contributed by atoms with van der Waals surface area (Å²) in [5.74, 6) is 1.36. The van der Waals surface area contributed by atoms with Gasteiger partial charge in [0.25, 0.3) is 0 Å². The van der Waals surface area contributed by atoms with Crippen molar-refractivity contribution in [3.63, 3.8) is 0 Å². The summed E-state index contributed by atoms with van der Waals surface area (Å²) in [6.45, 7) is 2.45. The molecule has 0 amide bonds. The molecule has 1 fully saturated rings. The first-order chi connectivity index (χ1) is 8.67. The van der Waals surface area contributed by atoms with E-state index < -0.39 is 0 Å². The van der Waals surface area contributed by atoms with Crippen molar-refractivity contribution in [1.29, 1.82) is 0 Å². The highest BCUT2D eigenvalue weighted by Crippen LogP contribution is 2.34. The Morgan fingerprint density at radius 2 is 2.22 bits per heavy atom. The number of nitrogens with one attached hydrogen (secondary N) is 1. The lowest BCUT2D eigenvalue weighted by atomic mass is 9.77. The number of anilines is 1. The molecule has 4 nitrogen and oxygen atoms in total. The van der Waals surface area contributed by atoms with Crippen molar-refractivity contribution < 1.29 is 9.84 Å². The summed E-state index contributed by atoms with van der Waals surface area (Å²) in [5, 5.41) is 13.2. The molecular weight excluding hydrogens is 228 g/mol. The first-order valence-electron chi connectivity index (χ1n) is 6.56. The zero-order valence-electron chi connectivity index (χ0n) is 11.1. The largest absolute Gasteiger partial charge is 0.481 e. The molecule has 1 heterocycles. The van der Waals surface area contributed by atoms with Gasteiger partial charge in [0, 0.05) is 18.0 Å². The van der Waals surface area contributed by atoms with Crippen LogP contribution in [-0.2, 0) is 0 Å². The topological polar surface area (TPSA) is 54.4 Å². The van der Waals surface area contributed by atoms with Gasteiger partial charge in [-0.05, 0) is 37.7 Å². The van der Waals surface area contributed by atoms with E-state index in [9.17, 15) is 5.11 Å². The fourth-order valence-corrected chi connectivity index (χ4v) is 2.54. The van der Waals surface area contributed by atoms with Crippen LogP contribution in [0.25, 0.3) is 0 Å². The van der Waals surface area contributed by atoms with Crippen LogP contribution in [0.3, 0.4) is 0 Å². The summed E-state index contributed by atoms with van der Waals surface area (Å²) in [4.78, 5) is 4.09. The lowest BCUT2D eigenvalue weighted by molar-refractivity contribution is 0.155. The van der Waals surface area contributed by atoms with Gasteiger partial charge in [-0.2, -0.15) is 0 Å². The second kappa shape index (κ2) is 5.57. The first-order valence-corrected chi connectivity index (χ1v) is 6.56. The van der Waals surface area contributed by atoms with Gasteiger partial charge in [0.15, 0.2) is 0 Å². The molecule has 0 saturated heterocycles. The van der Waals surface area contributed by atoms with Gasteiger partial charge in [0.05, 0.1) is 19.3 Å². The maximum absolute atomic E-state index is 9.71. The van der Waals surface area contributed by atoms with Crippen LogP contribution in [0, 0.1) is 5.92 Å². The molecule has 100 valence electrons. The summed E-state index contributed by atoms with van der Waals surface area (Å²) in [6, 6.07) is 3.79. The van der Waals surface area contributed by atoms with E-state index in [0.29, 0.717) is 5.88 Å². The van der Waals surface area contributed by atoms with Crippen LogP contribution < -0.4 is 10.1 Å². The third-order valence-corrected chi connectivity index (χ3v) is 3.89. The van der Waals surface area contributed by atoms with E-state index in [-0.39, 0.29) is 12.1 Å². The molecule has 1 aromatic rings. The Bertz CT molecular complexity index is 387. The molecule has 1 aliphatic carbocycles. The minimum Gasteiger partial charge on any atom is -0.481 e. The Morgan fingerprint density at radius 3 is 2.83 bits per heavy atom. The van der Waals surface area contributed by atoms with Gasteiger partial charge < -0.3 is 15.2 Å². The average Bonchev–Trinajstić information content (AvgIpc) is 2.42. The van der Waals surface area contributed by atoms with Gasteiger partial charge in [0.1, 0.15) is 0 Å². The average molecular weight is 250 g/mol. The molecule has 1 aromatic heterocycles. The Labute approximate surface area is 108 Å². The normalized spacial score (nSPS) is 27.8. The van der Waals surface area contributed by atoms with Crippen LogP contribution in [0.15, 0.2) is 18.3 Å². The summed E-state index contributed by atoms with van der Waals surface area (Å²) >= 11 is 0. The van der Waals surface area contributed by atoms with Gasteiger partial charge in [-0.1, -0.05) is 6.92 Å². The molecule has 0 radical (unpaired) electrons. The Morgan fingerprint density at radius 1 is 1.50 bits per heavy atom. The van der Waals surface area contributed by atoms with Gasteiger partial charge in [0.2, 0.25) is 5.88 Å². The third kappa shape index (κ3) is 2.93. The molecular formula is C14H22N2O2. The molecule has 0 unspecified atom stereocenters. The number of aliphatic hydroxyl groups excluding tert-OH is 1. The molecule has 0 aromatic carbocycles. The number of aliphatic hydroxyl groups is 1. The first kappa shape index (κ1) is 13.1. The van der Waals surface area contributed by atoms with Crippen LogP contribution in [0.4, 0.5) is 5.69 Å². The highest BCUT2D eigenvalue weighted by atomic mass is 16.5. The fraction of sp³-hybridized carbons (Fsp3) is 0.643. The molecule has 0 bridgehead atoms. The molecule has 0 aliphatic heterocycles. The van der Waals surface area contributed by atoms with E-state index in [2.05, 4.69) is 17.2 Å². The molecule has 0 atom stereocenters. The Kier molecular flexibility index (Phi) is 4.07. The number of pyridine rings is 1. The zero-order valence-corrected chi connectivity index (χ0v) is 11.1. The predicted octanol–water partition coefficient (Wildman–Crippen LogP) is 2.44. The predicted molar refractivity (Wildman–Crippen MR) is 71.9 cm³/mol. The third-order valence-electron chi connectivity index (χ3n) is 3.89. The van der Waals surface area contributed by atoms with Crippen LogP contribution in [-0.4, -0.2) is 29.3 Å². The molecule has 1 saturated carbocycles. The molecule has 1 aliphatic rings. The van der Waals surface area contributed by atoms with E-state index in [0.717, 1.165) is 37.3 Å². The summed E-state index contributed by atoms with van der Waals surface area (Å²) in [7, 11) is 1.61. The molecule has 4 heteroatoms. The number of aromatic nitrogens is 1. The van der Waals surface area contributed by atoms with Crippen molar-refractivity contribution in [3.8, 4) is 5.88 Å². The van der Waals surface area contributed by atoms with Crippen LogP contribution in [0.1, 0.15) is 32.6 Å². The highest BCUT2D eigenvalue weighted by molar-refractivity contribution is 5.47. The van der Waals surface area contributed by atoms with E-state index in [1.807, 2.05) is 12.1 Å². The summed E-state index contributed by atoms with van der Waals surface area (Å²) in [6.07, 6.45) is 6.06. The lowest BCUT2D eigenvalue weighted by Gasteiger charge is -2.39. The summed E-state index contributed by atoms with van der Waals surface area (Å²) in [5.41, 5.74) is 0.782. The van der Waals surface area contributed by atoms with Crippen molar-refractivity contribution in [2.75, 3.05) is 19.0 Å². The second-order valence-corrected chi connectivity index (χ2v) is 5.33. The number of hydrogen-bond acceptors (Lipinski definition) is 4. The molecule has 2 rings (SSSR count). The van der Waals surface area contributed by atoms with Crippen molar-refractivity contribution in [2.45, 2.75) is 38.1 Å². The van der Waals surface area contributed by atoms with Crippen LogP contribution >= 0.6 is 0 Å². The fourth-order valence-electron chi connectivity index (χ4n) is 2.54. The number of nitrogens with zero attached hydrogens (tertiary/aromatic N) is 1. The van der Waals surface area contributed by atoms with E-state index in [1.165, 1.54) is 0 Å². The minimum absolute atomic E-state index is 0.171. The Hall–Kier alpha value is -1.29. The van der Waals surface area contributed by atoms with Crippen LogP contribution in [0.2, 0.25) is 0 Å². The van der Waals surface area contributed by atoms with E-state index in [4.69, 9.17) is 4.74 Å². The standard InChI is InChI=1S/C14H22N2O2/c1-11-3-6-14(10-17,7-4-11)16-12-5-8-15-13(9-12)18-2/h5,8-9,11,17H,3-4,6-7,10H2,1-2H3,(H,15,16). The molecule has 18 heavy (non-hydrogen) atoms. The zero-order chi connectivity index (χ0) is 13.0. The van der Waals surface area contributed by atoms with Crippen molar-refractivity contribution >= 4 is 5.69 Å². The monoisotopic (exact) mass is 250 g/mol. The van der Waals surface area contributed by atoms with Gasteiger partial charge in [-0.15, -0.1) is 0 Å². The SMILES string of the molecule is COc1cc(NC2(CO)CCC(C)CC2)ccn1. The smallest absolute Gasteiger partial charge is 0.214 e. The molecule has 2 N–H and O–H groups in total. The minimum atomic E-state index is -0.182. The summed E-state index contributed by atoms with van der Waals surface area (Å²) < 4.78 is 5.11. The number of ether oxygens (including phenoxy) is 1. The van der Waals surface area contributed by atoms with Crippen molar-refractivity contribution in [2.24, 2.45) is 5.92 Å². The van der Waals surface area contributed by atoms with Crippen molar-refractivity contribution in [3.05, 3.63) is 18.3 Å². The maximum Gasteiger partial charge on any atom is 0.214 e. The van der Waals surface area contributed by atoms with E-state index >= 15 is 0 Å². The lowest BCUT2D eigenvalue weighted by Crippen LogP contribution is -2.45. The number of rotatable bonds is 4. The Balaban J connectivity index is 2.09.